The van der Waals surface area contributed by atoms with Crippen molar-refractivity contribution in [3.05, 3.63) is 126 Å². The van der Waals surface area contributed by atoms with Gasteiger partial charge in [0.2, 0.25) is 0 Å². The number of pyridine rings is 1. The van der Waals surface area contributed by atoms with Gasteiger partial charge < -0.3 is 0 Å². The van der Waals surface area contributed by atoms with Crippen LogP contribution in [0.25, 0.3) is 34.0 Å². The van der Waals surface area contributed by atoms with Crippen molar-refractivity contribution < 1.29 is 0 Å². The Balaban J connectivity index is 0.000000137. The van der Waals surface area contributed by atoms with Gasteiger partial charge >= 0.3 is 0 Å². The highest BCUT2D eigenvalue weighted by molar-refractivity contribution is 5.92. The first kappa shape index (κ1) is 17.7. The van der Waals surface area contributed by atoms with Crippen molar-refractivity contribution in [3.63, 3.8) is 0 Å². The summed E-state index contributed by atoms with van der Waals surface area (Å²) in [6.45, 7) is 0. The normalized spacial score (nSPS) is 10.7. The Kier molecular flexibility index (Phi) is 5.55. The minimum Gasteiger partial charge on any atom is -0.248 e. The Labute approximate surface area is 165 Å². The summed E-state index contributed by atoms with van der Waals surface area (Å²) in [6, 6.07) is 39.2. The number of hydrogen-bond donors (Lipinski definition) is 0. The third-order valence-corrected chi connectivity index (χ3v) is 4.49. The maximum absolute atomic E-state index is 4.58. The quantitative estimate of drug-likeness (QED) is 0.239. The average Bonchev–Trinajstić information content (AvgIpc) is 2.78. The molecule has 0 N–H and O–H groups in total. The highest BCUT2D eigenvalue weighted by Crippen LogP contribution is 2.18. The van der Waals surface area contributed by atoms with Gasteiger partial charge in [0, 0.05) is 10.8 Å². The van der Waals surface area contributed by atoms with Crippen LogP contribution in [0.5, 0.6) is 0 Å². The number of aromatic nitrogens is 1. The lowest BCUT2D eigenvalue weighted by atomic mass is 10.1. The largest absolute Gasteiger partial charge is 0.248 e. The minimum atomic E-state index is 1.06. The molecule has 0 fully saturated rings. The first-order valence-electron chi connectivity index (χ1n) is 9.41. The molecular weight excluding hydrogens is 338 g/mol. The van der Waals surface area contributed by atoms with E-state index >= 15 is 0 Å². The highest BCUT2D eigenvalue weighted by Gasteiger charge is 1.96. The van der Waals surface area contributed by atoms with E-state index in [1.54, 1.807) is 0 Å². The third kappa shape index (κ3) is 4.52. The molecule has 0 amide bonds. The second kappa shape index (κ2) is 8.79. The van der Waals surface area contributed by atoms with Gasteiger partial charge in [-0.25, -0.2) is 4.98 Å². The Bertz CT molecular complexity index is 1050. The molecule has 1 aromatic heterocycles. The van der Waals surface area contributed by atoms with E-state index in [0.29, 0.717) is 0 Å². The van der Waals surface area contributed by atoms with E-state index < -0.39 is 0 Å². The molecule has 134 valence electrons. The van der Waals surface area contributed by atoms with Crippen molar-refractivity contribution in [2.24, 2.45) is 0 Å². The Hall–Kier alpha value is -3.71. The molecule has 0 bridgehead atoms. The summed E-state index contributed by atoms with van der Waals surface area (Å²) in [7, 11) is 0. The zero-order valence-electron chi connectivity index (χ0n) is 15.6. The van der Waals surface area contributed by atoms with Crippen LogP contribution in [0.3, 0.4) is 0 Å². The summed E-state index contributed by atoms with van der Waals surface area (Å²) in [5, 5.41) is 2.40. The second-order valence-electron chi connectivity index (χ2n) is 6.53. The molecule has 0 radical (unpaired) electrons. The van der Waals surface area contributed by atoms with Gasteiger partial charge in [0.15, 0.2) is 0 Å². The van der Waals surface area contributed by atoms with E-state index in [4.69, 9.17) is 0 Å². The molecule has 28 heavy (non-hydrogen) atoms. The molecular formula is C27H21N. The van der Waals surface area contributed by atoms with Gasteiger partial charge in [-0.15, -0.1) is 0 Å². The van der Waals surface area contributed by atoms with Crippen LogP contribution in [-0.4, -0.2) is 4.98 Å². The van der Waals surface area contributed by atoms with Crippen molar-refractivity contribution in [2.75, 3.05) is 0 Å². The maximum atomic E-state index is 4.58. The molecule has 0 atom stereocenters. The average molecular weight is 359 g/mol. The summed E-state index contributed by atoms with van der Waals surface area (Å²) in [4.78, 5) is 4.58. The standard InChI is InChI=1S/C14H12.C13H9N/c1-3-7-13(8-4-1)11-12-14-9-5-2-6-10-14;1-3-7-12-10(5-1)9-11-6-2-4-8-13(11)14-12/h1-12H;1-9H. The molecule has 0 aliphatic rings. The van der Waals surface area contributed by atoms with Crippen LogP contribution in [-0.2, 0) is 0 Å². The number of benzene rings is 4. The SMILES string of the molecule is C(=Cc1ccccc1)c1ccccc1.c1ccc2nc3ccccc3cc2c1. The van der Waals surface area contributed by atoms with Crippen molar-refractivity contribution in [1.82, 2.24) is 4.98 Å². The molecule has 0 saturated carbocycles. The minimum absolute atomic E-state index is 1.06. The van der Waals surface area contributed by atoms with Crippen LogP contribution in [0, 0.1) is 0 Å². The fourth-order valence-corrected chi connectivity index (χ4v) is 3.04. The fourth-order valence-electron chi connectivity index (χ4n) is 3.04. The first-order valence-corrected chi connectivity index (χ1v) is 9.41. The van der Waals surface area contributed by atoms with E-state index in [-0.39, 0.29) is 0 Å². The highest BCUT2D eigenvalue weighted by atomic mass is 14.7. The monoisotopic (exact) mass is 359 g/mol. The maximum Gasteiger partial charge on any atom is 0.0709 e. The molecule has 5 rings (SSSR count). The predicted octanol–water partition coefficient (Wildman–Crippen LogP) is 7.25. The smallest absolute Gasteiger partial charge is 0.0709 e. The lowest BCUT2D eigenvalue weighted by Crippen LogP contribution is -1.80. The van der Waals surface area contributed by atoms with Gasteiger partial charge in [0.1, 0.15) is 0 Å². The zero-order valence-corrected chi connectivity index (χ0v) is 15.6. The Morgan fingerprint density at radius 2 is 0.821 bits per heavy atom. The first-order chi connectivity index (χ1) is 13.9. The Morgan fingerprint density at radius 3 is 1.29 bits per heavy atom. The number of nitrogens with zero attached hydrogens (tertiary/aromatic N) is 1. The molecule has 0 spiro atoms. The molecule has 5 aromatic rings. The number of fused-ring (bicyclic) bond motifs is 2. The number of hydrogen-bond acceptors (Lipinski definition) is 1. The topological polar surface area (TPSA) is 12.9 Å². The number of rotatable bonds is 2. The summed E-state index contributed by atoms with van der Waals surface area (Å²) in [5.41, 5.74) is 4.59. The molecule has 0 aliphatic heterocycles. The predicted molar refractivity (Wildman–Crippen MR) is 121 cm³/mol. The van der Waals surface area contributed by atoms with Crippen molar-refractivity contribution >= 4 is 34.0 Å². The fraction of sp³-hybridized carbons (Fsp3) is 0. The van der Waals surface area contributed by atoms with Crippen LogP contribution in [0.15, 0.2) is 115 Å². The van der Waals surface area contributed by atoms with Crippen LogP contribution in [0.4, 0.5) is 0 Å². The van der Waals surface area contributed by atoms with E-state index in [1.807, 2.05) is 72.8 Å². The van der Waals surface area contributed by atoms with Gasteiger partial charge in [0.25, 0.3) is 0 Å². The van der Waals surface area contributed by atoms with Crippen LogP contribution in [0.1, 0.15) is 11.1 Å². The lowest BCUT2D eigenvalue weighted by molar-refractivity contribution is 1.50. The zero-order chi connectivity index (χ0) is 19.0. The molecule has 1 nitrogen and oxygen atoms in total. The van der Waals surface area contributed by atoms with Gasteiger partial charge in [-0.3, -0.25) is 0 Å². The van der Waals surface area contributed by atoms with Crippen LogP contribution >= 0.6 is 0 Å². The van der Waals surface area contributed by atoms with E-state index in [1.165, 1.54) is 21.9 Å². The van der Waals surface area contributed by atoms with Crippen molar-refractivity contribution in [3.8, 4) is 0 Å². The molecule has 4 aromatic carbocycles. The van der Waals surface area contributed by atoms with Gasteiger partial charge in [0.05, 0.1) is 11.0 Å². The summed E-state index contributed by atoms with van der Waals surface area (Å²) < 4.78 is 0. The molecule has 1 heteroatoms. The van der Waals surface area contributed by atoms with E-state index in [9.17, 15) is 0 Å². The number of para-hydroxylation sites is 2. The van der Waals surface area contributed by atoms with E-state index in [2.05, 4.69) is 59.6 Å². The summed E-state index contributed by atoms with van der Waals surface area (Å²) in [6.07, 6.45) is 4.24. The second-order valence-corrected chi connectivity index (χ2v) is 6.53. The summed E-state index contributed by atoms with van der Waals surface area (Å²) >= 11 is 0. The van der Waals surface area contributed by atoms with Crippen LogP contribution in [0.2, 0.25) is 0 Å². The van der Waals surface area contributed by atoms with Gasteiger partial charge in [-0.2, -0.15) is 0 Å². The third-order valence-electron chi connectivity index (χ3n) is 4.49. The molecule has 1 heterocycles. The Morgan fingerprint density at radius 1 is 0.429 bits per heavy atom. The molecule has 0 unspecified atom stereocenters. The molecule has 0 aliphatic carbocycles. The van der Waals surface area contributed by atoms with Crippen molar-refractivity contribution in [1.29, 1.82) is 0 Å². The van der Waals surface area contributed by atoms with Crippen molar-refractivity contribution in [2.45, 2.75) is 0 Å². The van der Waals surface area contributed by atoms with E-state index in [0.717, 1.165) is 11.0 Å². The van der Waals surface area contributed by atoms with Gasteiger partial charge in [-0.1, -0.05) is 109 Å². The van der Waals surface area contributed by atoms with Crippen LogP contribution < -0.4 is 0 Å². The van der Waals surface area contributed by atoms with Gasteiger partial charge in [-0.05, 0) is 29.3 Å². The molecule has 0 saturated heterocycles. The summed E-state index contributed by atoms with van der Waals surface area (Å²) in [5.74, 6) is 0. The lowest BCUT2D eigenvalue weighted by Gasteiger charge is -1.99.